The molecule has 0 unspecified atom stereocenters. The largest absolute Gasteiger partial charge is 0.486 e. The van der Waals surface area contributed by atoms with Crippen molar-refractivity contribution in [3.05, 3.63) is 45.7 Å². The maximum atomic E-state index is 12.9. The highest BCUT2D eigenvalue weighted by Gasteiger charge is 2.16. The van der Waals surface area contributed by atoms with Crippen LogP contribution in [0.2, 0.25) is 0 Å². The van der Waals surface area contributed by atoms with Crippen molar-refractivity contribution in [2.75, 3.05) is 13.1 Å². The lowest BCUT2D eigenvalue weighted by Gasteiger charge is -2.12. The summed E-state index contributed by atoms with van der Waals surface area (Å²) in [6, 6.07) is 6.02. The number of likely N-dealkylation sites (N-methyl/N-ethyl adjacent to an activating group) is 1. The van der Waals surface area contributed by atoms with Crippen molar-refractivity contribution in [1.29, 1.82) is 0 Å². The van der Waals surface area contributed by atoms with Crippen molar-refractivity contribution in [3.63, 3.8) is 0 Å². The molecule has 2 rings (SSSR count). The van der Waals surface area contributed by atoms with Crippen LogP contribution in [-0.4, -0.2) is 30.0 Å². The molecule has 2 N–H and O–H groups in total. The zero-order chi connectivity index (χ0) is 17.5. The second-order valence-corrected chi connectivity index (χ2v) is 6.52. The van der Waals surface area contributed by atoms with Gasteiger partial charge in [0.05, 0.1) is 5.69 Å². The van der Waals surface area contributed by atoms with Crippen LogP contribution in [-0.2, 0) is 6.61 Å². The fraction of sp³-hybridized carbons (Fsp3) is 0.412. The van der Waals surface area contributed by atoms with Crippen LogP contribution in [0.3, 0.4) is 0 Å². The van der Waals surface area contributed by atoms with Gasteiger partial charge in [0, 0.05) is 12.6 Å². The van der Waals surface area contributed by atoms with Gasteiger partial charge in [-0.3, -0.25) is 4.79 Å². The topological polar surface area (TPSA) is 63.2 Å². The van der Waals surface area contributed by atoms with Gasteiger partial charge in [-0.2, -0.15) is 0 Å². The SMILES string of the molecule is CCN[C@H](C)CNC(=O)c1sc(COc2ccc(F)cc2)nc1C. The summed E-state index contributed by atoms with van der Waals surface area (Å²) in [7, 11) is 0. The average molecular weight is 351 g/mol. The summed E-state index contributed by atoms with van der Waals surface area (Å²) in [5.41, 5.74) is 0.686. The molecule has 5 nitrogen and oxygen atoms in total. The van der Waals surface area contributed by atoms with E-state index in [0.717, 1.165) is 6.54 Å². The first-order valence-corrected chi connectivity index (χ1v) is 8.67. The van der Waals surface area contributed by atoms with E-state index in [9.17, 15) is 9.18 Å². The number of ether oxygens (including phenoxy) is 1. The zero-order valence-electron chi connectivity index (χ0n) is 14.1. The maximum Gasteiger partial charge on any atom is 0.263 e. The highest BCUT2D eigenvalue weighted by atomic mass is 32.1. The minimum atomic E-state index is -0.307. The Kier molecular flexibility index (Phi) is 6.69. The second-order valence-electron chi connectivity index (χ2n) is 5.43. The van der Waals surface area contributed by atoms with E-state index < -0.39 is 0 Å². The third-order valence-electron chi connectivity index (χ3n) is 3.34. The Morgan fingerprint density at radius 3 is 2.75 bits per heavy atom. The van der Waals surface area contributed by atoms with Crippen molar-refractivity contribution in [2.45, 2.75) is 33.4 Å². The van der Waals surface area contributed by atoms with E-state index in [4.69, 9.17) is 4.74 Å². The molecule has 0 aliphatic heterocycles. The van der Waals surface area contributed by atoms with Crippen molar-refractivity contribution in [1.82, 2.24) is 15.6 Å². The standard InChI is InChI=1S/C17H22FN3O2S/c1-4-19-11(2)9-20-17(22)16-12(3)21-15(24-16)10-23-14-7-5-13(18)6-8-14/h5-8,11,19H,4,9-10H2,1-3H3,(H,20,22)/t11-/m1/s1. The molecule has 1 aromatic heterocycles. The Hall–Kier alpha value is -1.99. The predicted molar refractivity (Wildman–Crippen MR) is 93.1 cm³/mol. The minimum Gasteiger partial charge on any atom is -0.486 e. The second kappa shape index (κ2) is 8.75. The third-order valence-corrected chi connectivity index (χ3v) is 4.47. The highest BCUT2D eigenvalue weighted by molar-refractivity contribution is 7.13. The molecule has 1 heterocycles. The van der Waals surface area contributed by atoms with Crippen molar-refractivity contribution in [3.8, 4) is 5.75 Å². The smallest absolute Gasteiger partial charge is 0.263 e. The first-order chi connectivity index (χ1) is 11.5. The van der Waals surface area contributed by atoms with E-state index >= 15 is 0 Å². The molecule has 0 aliphatic carbocycles. The van der Waals surface area contributed by atoms with E-state index in [1.165, 1.54) is 23.5 Å². The number of nitrogens with one attached hydrogen (secondary N) is 2. The van der Waals surface area contributed by atoms with Crippen LogP contribution in [0.25, 0.3) is 0 Å². The van der Waals surface area contributed by atoms with Gasteiger partial charge in [-0.15, -0.1) is 11.3 Å². The lowest BCUT2D eigenvalue weighted by atomic mass is 10.3. The van der Waals surface area contributed by atoms with Crippen LogP contribution in [0.5, 0.6) is 5.75 Å². The van der Waals surface area contributed by atoms with E-state index in [2.05, 4.69) is 15.6 Å². The summed E-state index contributed by atoms with van der Waals surface area (Å²) in [5.74, 6) is 0.135. The van der Waals surface area contributed by atoms with Gasteiger partial charge in [0.1, 0.15) is 28.1 Å². The first-order valence-electron chi connectivity index (χ1n) is 7.85. The molecule has 1 aromatic carbocycles. The maximum absolute atomic E-state index is 12.9. The monoisotopic (exact) mass is 351 g/mol. The number of hydrogen-bond acceptors (Lipinski definition) is 5. The highest BCUT2D eigenvalue weighted by Crippen LogP contribution is 2.20. The molecule has 0 radical (unpaired) electrons. The lowest BCUT2D eigenvalue weighted by molar-refractivity contribution is 0.0953. The number of amides is 1. The molecule has 7 heteroatoms. The molecule has 24 heavy (non-hydrogen) atoms. The predicted octanol–water partition coefficient (Wildman–Crippen LogP) is 2.90. The summed E-state index contributed by atoms with van der Waals surface area (Å²) in [4.78, 5) is 17.2. The van der Waals surface area contributed by atoms with Crippen molar-refractivity contribution < 1.29 is 13.9 Å². The third kappa shape index (κ3) is 5.28. The quantitative estimate of drug-likeness (QED) is 0.768. The molecular formula is C17H22FN3O2S. The number of carbonyl (C=O) groups is 1. The Labute approximate surface area is 145 Å². The molecule has 0 saturated carbocycles. The van der Waals surface area contributed by atoms with E-state index in [1.807, 2.05) is 13.8 Å². The van der Waals surface area contributed by atoms with Crippen LogP contribution < -0.4 is 15.4 Å². The number of nitrogens with zero attached hydrogens (tertiary/aromatic N) is 1. The molecule has 0 fully saturated rings. The molecule has 0 saturated heterocycles. The van der Waals surface area contributed by atoms with Gasteiger partial charge in [0.15, 0.2) is 0 Å². The molecule has 0 aliphatic rings. The number of carbonyl (C=O) groups excluding carboxylic acids is 1. The van der Waals surface area contributed by atoms with Gasteiger partial charge in [-0.05, 0) is 44.7 Å². The average Bonchev–Trinajstić information content (AvgIpc) is 2.93. The number of thiazole rings is 1. The number of aromatic nitrogens is 1. The van der Waals surface area contributed by atoms with Gasteiger partial charge in [0.2, 0.25) is 0 Å². The Morgan fingerprint density at radius 1 is 1.38 bits per heavy atom. The van der Waals surface area contributed by atoms with Gasteiger partial charge in [-0.25, -0.2) is 9.37 Å². The van der Waals surface area contributed by atoms with Crippen LogP contribution in [0.1, 0.15) is 34.2 Å². The first kappa shape index (κ1) is 18.4. The van der Waals surface area contributed by atoms with E-state index in [0.29, 0.717) is 27.9 Å². The van der Waals surface area contributed by atoms with E-state index in [-0.39, 0.29) is 24.4 Å². The summed E-state index contributed by atoms with van der Waals surface area (Å²) < 4.78 is 18.4. The van der Waals surface area contributed by atoms with Gasteiger partial charge >= 0.3 is 0 Å². The molecule has 130 valence electrons. The minimum absolute atomic E-state index is 0.122. The van der Waals surface area contributed by atoms with Crippen LogP contribution >= 0.6 is 11.3 Å². The fourth-order valence-corrected chi connectivity index (χ4v) is 3.04. The Morgan fingerprint density at radius 2 is 2.08 bits per heavy atom. The summed E-state index contributed by atoms with van der Waals surface area (Å²) in [6.07, 6.45) is 0. The van der Waals surface area contributed by atoms with Crippen molar-refractivity contribution in [2.24, 2.45) is 0 Å². The fourth-order valence-electron chi connectivity index (χ4n) is 2.15. The number of benzene rings is 1. The van der Waals surface area contributed by atoms with Gasteiger partial charge in [-0.1, -0.05) is 6.92 Å². The molecule has 0 bridgehead atoms. The van der Waals surface area contributed by atoms with Gasteiger partial charge in [0.25, 0.3) is 5.91 Å². The van der Waals surface area contributed by atoms with Gasteiger partial charge < -0.3 is 15.4 Å². The summed E-state index contributed by atoms with van der Waals surface area (Å²) >= 11 is 1.31. The number of halogens is 1. The molecular weight excluding hydrogens is 329 g/mol. The molecule has 1 amide bonds. The van der Waals surface area contributed by atoms with Crippen LogP contribution in [0.15, 0.2) is 24.3 Å². The number of hydrogen-bond donors (Lipinski definition) is 2. The van der Waals surface area contributed by atoms with E-state index in [1.54, 1.807) is 19.1 Å². The number of rotatable bonds is 8. The Bertz CT molecular complexity index is 673. The molecule has 1 atom stereocenters. The van der Waals surface area contributed by atoms with Crippen LogP contribution in [0.4, 0.5) is 4.39 Å². The zero-order valence-corrected chi connectivity index (χ0v) is 14.9. The summed E-state index contributed by atoms with van der Waals surface area (Å²) in [6.45, 7) is 7.52. The normalized spacial score (nSPS) is 12.0. The van der Waals surface area contributed by atoms with Crippen molar-refractivity contribution >= 4 is 17.2 Å². The molecule has 0 spiro atoms. The molecule has 2 aromatic rings. The number of aryl methyl sites for hydroxylation is 1. The Balaban J connectivity index is 1.91. The summed E-state index contributed by atoms with van der Waals surface area (Å²) in [5, 5.41) is 6.86. The van der Waals surface area contributed by atoms with Crippen LogP contribution in [0, 0.1) is 12.7 Å². The lowest BCUT2D eigenvalue weighted by Crippen LogP contribution is -2.38.